The van der Waals surface area contributed by atoms with Crippen LogP contribution in [0.3, 0.4) is 0 Å². The summed E-state index contributed by atoms with van der Waals surface area (Å²) in [6, 6.07) is 7.65. The van der Waals surface area contributed by atoms with Crippen molar-refractivity contribution in [3.8, 4) is 0 Å². The van der Waals surface area contributed by atoms with Gasteiger partial charge in [0, 0.05) is 29.2 Å². The van der Waals surface area contributed by atoms with Crippen LogP contribution in [-0.4, -0.2) is 4.98 Å². The molecule has 78 valence electrons. The first-order chi connectivity index (χ1) is 7.27. The standard InChI is InChI=1S/C11H11ClN2S/c12-9-4-6-15-11(9)10(13)7-8-3-1-2-5-14-8/h1-6,10H,7,13H2. The third kappa shape index (κ3) is 2.56. The lowest BCUT2D eigenvalue weighted by Crippen LogP contribution is -2.12. The Bertz CT molecular complexity index is 427. The van der Waals surface area contributed by atoms with Crippen molar-refractivity contribution in [1.82, 2.24) is 4.98 Å². The Labute approximate surface area is 97.7 Å². The van der Waals surface area contributed by atoms with Gasteiger partial charge in [-0.25, -0.2) is 0 Å². The summed E-state index contributed by atoms with van der Waals surface area (Å²) in [6.45, 7) is 0. The molecule has 2 N–H and O–H groups in total. The number of hydrogen-bond acceptors (Lipinski definition) is 3. The molecule has 2 aromatic rings. The van der Waals surface area contributed by atoms with Gasteiger partial charge in [-0.2, -0.15) is 0 Å². The average Bonchev–Trinajstić information content (AvgIpc) is 2.66. The number of aromatic nitrogens is 1. The van der Waals surface area contributed by atoms with Crippen molar-refractivity contribution in [2.24, 2.45) is 5.73 Å². The molecule has 2 rings (SSSR count). The fourth-order valence-electron chi connectivity index (χ4n) is 1.41. The minimum absolute atomic E-state index is 0.0626. The maximum atomic E-state index is 6.06. The lowest BCUT2D eigenvalue weighted by molar-refractivity contribution is 0.720. The Hall–Kier alpha value is -0.900. The topological polar surface area (TPSA) is 38.9 Å². The normalized spacial score (nSPS) is 12.7. The van der Waals surface area contributed by atoms with E-state index < -0.39 is 0 Å². The number of thiophene rings is 1. The van der Waals surface area contributed by atoms with Crippen LogP contribution in [0.5, 0.6) is 0 Å². The Kier molecular flexibility index (Phi) is 3.36. The van der Waals surface area contributed by atoms with Crippen molar-refractivity contribution in [1.29, 1.82) is 0 Å². The SMILES string of the molecule is NC(Cc1ccccn1)c1sccc1Cl. The molecule has 15 heavy (non-hydrogen) atoms. The second kappa shape index (κ2) is 4.75. The third-order valence-corrected chi connectivity index (χ3v) is 3.63. The van der Waals surface area contributed by atoms with E-state index in [9.17, 15) is 0 Å². The van der Waals surface area contributed by atoms with Gasteiger partial charge in [-0.05, 0) is 23.6 Å². The highest BCUT2D eigenvalue weighted by molar-refractivity contribution is 7.10. The number of hydrogen-bond donors (Lipinski definition) is 1. The van der Waals surface area contributed by atoms with Crippen molar-refractivity contribution < 1.29 is 0 Å². The molecule has 2 heterocycles. The summed E-state index contributed by atoms with van der Waals surface area (Å²) in [5.41, 5.74) is 7.05. The minimum atomic E-state index is -0.0626. The zero-order valence-electron chi connectivity index (χ0n) is 8.06. The van der Waals surface area contributed by atoms with Crippen LogP contribution in [0.2, 0.25) is 5.02 Å². The van der Waals surface area contributed by atoms with E-state index in [4.69, 9.17) is 17.3 Å². The molecule has 0 radical (unpaired) electrons. The van der Waals surface area contributed by atoms with Crippen molar-refractivity contribution in [2.45, 2.75) is 12.5 Å². The van der Waals surface area contributed by atoms with Crippen LogP contribution < -0.4 is 5.73 Å². The van der Waals surface area contributed by atoms with Gasteiger partial charge in [0.2, 0.25) is 0 Å². The van der Waals surface area contributed by atoms with Crippen molar-refractivity contribution in [2.75, 3.05) is 0 Å². The summed E-state index contributed by atoms with van der Waals surface area (Å²) >= 11 is 7.60. The number of nitrogens with zero attached hydrogens (tertiary/aromatic N) is 1. The second-order valence-electron chi connectivity index (χ2n) is 3.26. The molecule has 0 fully saturated rings. The smallest absolute Gasteiger partial charge is 0.0561 e. The van der Waals surface area contributed by atoms with E-state index in [0.717, 1.165) is 22.0 Å². The number of rotatable bonds is 3. The Morgan fingerprint density at radius 1 is 1.40 bits per heavy atom. The van der Waals surface area contributed by atoms with Crippen LogP contribution in [0.1, 0.15) is 16.6 Å². The van der Waals surface area contributed by atoms with Gasteiger partial charge in [0.15, 0.2) is 0 Å². The van der Waals surface area contributed by atoms with Crippen LogP contribution in [0.4, 0.5) is 0 Å². The Morgan fingerprint density at radius 3 is 2.87 bits per heavy atom. The molecule has 0 saturated heterocycles. The Balaban J connectivity index is 2.11. The zero-order valence-corrected chi connectivity index (χ0v) is 9.63. The second-order valence-corrected chi connectivity index (χ2v) is 4.62. The summed E-state index contributed by atoms with van der Waals surface area (Å²) in [5, 5.41) is 2.71. The molecule has 0 saturated carbocycles. The molecule has 0 amide bonds. The van der Waals surface area contributed by atoms with E-state index in [1.165, 1.54) is 0 Å². The van der Waals surface area contributed by atoms with Gasteiger partial charge in [0.1, 0.15) is 0 Å². The number of nitrogens with two attached hydrogens (primary N) is 1. The zero-order chi connectivity index (χ0) is 10.7. The minimum Gasteiger partial charge on any atom is -0.323 e. The monoisotopic (exact) mass is 238 g/mol. The van der Waals surface area contributed by atoms with Crippen LogP contribution >= 0.6 is 22.9 Å². The molecule has 2 aromatic heterocycles. The first-order valence-electron chi connectivity index (χ1n) is 4.66. The fraction of sp³-hybridized carbons (Fsp3) is 0.182. The van der Waals surface area contributed by atoms with Crippen molar-refractivity contribution in [3.63, 3.8) is 0 Å². The quantitative estimate of drug-likeness (QED) is 0.893. The fourth-order valence-corrected chi connectivity index (χ4v) is 2.61. The number of pyridine rings is 1. The molecule has 4 heteroatoms. The Morgan fingerprint density at radius 2 is 2.27 bits per heavy atom. The maximum Gasteiger partial charge on any atom is 0.0561 e. The molecule has 0 aliphatic rings. The first-order valence-corrected chi connectivity index (χ1v) is 5.91. The van der Waals surface area contributed by atoms with Gasteiger partial charge in [-0.1, -0.05) is 17.7 Å². The van der Waals surface area contributed by atoms with E-state index in [-0.39, 0.29) is 6.04 Å². The molecule has 2 nitrogen and oxygen atoms in total. The van der Waals surface area contributed by atoms with E-state index in [1.54, 1.807) is 17.5 Å². The highest BCUT2D eigenvalue weighted by atomic mass is 35.5. The van der Waals surface area contributed by atoms with Crippen LogP contribution in [0.25, 0.3) is 0 Å². The van der Waals surface area contributed by atoms with E-state index in [1.807, 2.05) is 29.6 Å². The molecular weight excluding hydrogens is 228 g/mol. The molecule has 0 aliphatic carbocycles. The van der Waals surface area contributed by atoms with E-state index >= 15 is 0 Å². The third-order valence-electron chi connectivity index (χ3n) is 2.14. The average molecular weight is 239 g/mol. The summed E-state index contributed by atoms with van der Waals surface area (Å²) in [6.07, 6.45) is 2.50. The van der Waals surface area contributed by atoms with Crippen molar-refractivity contribution in [3.05, 3.63) is 51.4 Å². The predicted molar refractivity (Wildman–Crippen MR) is 64.2 cm³/mol. The van der Waals surface area contributed by atoms with Gasteiger partial charge in [0.05, 0.1) is 5.02 Å². The van der Waals surface area contributed by atoms with E-state index in [0.29, 0.717) is 0 Å². The van der Waals surface area contributed by atoms with Crippen molar-refractivity contribution >= 4 is 22.9 Å². The molecule has 0 aromatic carbocycles. The van der Waals surface area contributed by atoms with Gasteiger partial charge < -0.3 is 5.73 Å². The molecule has 0 aliphatic heterocycles. The molecular formula is C11H11ClN2S. The van der Waals surface area contributed by atoms with Gasteiger partial charge in [-0.15, -0.1) is 11.3 Å². The summed E-state index contributed by atoms with van der Waals surface area (Å²) < 4.78 is 0. The van der Waals surface area contributed by atoms with Crippen LogP contribution in [-0.2, 0) is 6.42 Å². The van der Waals surface area contributed by atoms with Crippen LogP contribution in [0.15, 0.2) is 35.8 Å². The summed E-state index contributed by atoms with van der Waals surface area (Å²) in [5.74, 6) is 0. The highest BCUT2D eigenvalue weighted by Gasteiger charge is 2.12. The summed E-state index contributed by atoms with van der Waals surface area (Å²) in [7, 11) is 0. The van der Waals surface area contributed by atoms with Gasteiger partial charge in [0.25, 0.3) is 0 Å². The van der Waals surface area contributed by atoms with Gasteiger partial charge >= 0.3 is 0 Å². The maximum absolute atomic E-state index is 6.06. The molecule has 0 spiro atoms. The van der Waals surface area contributed by atoms with Crippen LogP contribution in [0, 0.1) is 0 Å². The summed E-state index contributed by atoms with van der Waals surface area (Å²) in [4.78, 5) is 5.27. The molecule has 1 atom stereocenters. The lowest BCUT2D eigenvalue weighted by atomic mass is 10.1. The predicted octanol–water partition coefficient (Wildman–Crippen LogP) is 3.04. The number of halogens is 1. The van der Waals surface area contributed by atoms with Gasteiger partial charge in [-0.3, -0.25) is 4.98 Å². The first kappa shape index (κ1) is 10.6. The van der Waals surface area contributed by atoms with E-state index in [2.05, 4.69) is 4.98 Å². The largest absolute Gasteiger partial charge is 0.323 e. The molecule has 1 unspecified atom stereocenters. The highest BCUT2D eigenvalue weighted by Crippen LogP contribution is 2.28. The molecule has 0 bridgehead atoms. The lowest BCUT2D eigenvalue weighted by Gasteiger charge is -2.09.